The summed E-state index contributed by atoms with van der Waals surface area (Å²) in [5, 5.41) is 3.36. The van der Waals surface area contributed by atoms with E-state index in [1.165, 1.54) is 18.2 Å². The van der Waals surface area contributed by atoms with E-state index < -0.39 is 15.6 Å². The molecule has 0 bridgehead atoms. The number of nitrogens with one attached hydrogen (secondary N) is 2. The van der Waals surface area contributed by atoms with Crippen LogP contribution in [0.4, 0.5) is 0 Å². The van der Waals surface area contributed by atoms with E-state index in [-0.39, 0.29) is 22.4 Å². The number of amides is 1. The zero-order chi connectivity index (χ0) is 25.8. The second kappa shape index (κ2) is 11.7. The van der Waals surface area contributed by atoms with Gasteiger partial charge in [-0.2, -0.15) is 4.31 Å². The van der Waals surface area contributed by atoms with Crippen molar-refractivity contribution in [3.8, 4) is 0 Å². The number of aromatic amines is 1. The maximum Gasteiger partial charge on any atom is 0.252 e. The average Bonchev–Trinajstić information content (AvgIpc) is 2.77. The predicted octanol–water partition coefficient (Wildman–Crippen LogP) is 3.44. The van der Waals surface area contributed by atoms with Gasteiger partial charge in [0.15, 0.2) is 0 Å². The van der Waals surface area contributed by atoms with Gasteiger partial charge in [0, 0.05) is 55.7 Å². The number of hydrogen-bond donors (Lipinski definition) is 2. The van der Waals surface area contributed by atoms with Crippen molar-refractivity contribution in [1.29, 1.82) is 0 Å². The summed E-state index contributed by atoms with van der Waals surface area (Å²) in [6, 6.07) is 5.77. The van der Waals surface area contributed by atoms with Crippen LogP contribution >= 0.6 is 0 Å². The first-order chi connectivity index (χ1) is 16.5. The number of benzene rings is 1. The van der Waals surface area contributed by atoms with Gasteiger partial charge < -0.3 is 15.2 Å². The summed E-state index contributed by atoms with van der Waals surface area (Å²) < 4.78 is 28.3. The number of carbonyl (C=O) groups is 1. The Morgan fingerprint density at radius 1 is 1.14 bits per heavy atom. The molecular weight excluding hydrogens is 464 g/mol. The van der Waals surface area contributed by atoms with Crippen LogP contribution < -0.4 is 10.9 Å². The van der Waals surface area contributed by atoms with Crippen molar-refractivity contribution in [3.63, 3.8) is 0 Å². The van der Waals surface area contributed by atoms with E-state index in [1.807, 2.05) is 6.92 Å². The highest BCUT2D eigenvalue weighted by atomic mass is 32.2. The van der Waals surface area contributed by atoms with Gasteiger partial charge in [0.1, 0.15) is 0 Å². The fraction of sp³-hybridized carbons (Fsp3) is 0.615. The summed E-state index contributed by atoms with van der Waals surface area (Å²) in [5.74, 6) is 0.657. The van der Waals surface area contributed by atoms with Gasteiger partial charge in [-0.25, -0.2) is 8.42 Å². The lowest BCUT2D eigenvalue weighted by Crippen LogP contribution is -2.41. The molecule has 1 atom stereocenters. The van der Waals surface area contributed by atoms with Crippen molar-refractivity contribution < 1.29 is 13.2 Å². The number of nitrogens with zero attached hydrogens (tertiary/aromatic N) is 2. The molecule has 9 heteroatoms. The Hall–Kier alpha value is -2.23. The lowest BCUT2D eigenvalue weighted by molar-refractivity contribution is 0.0947. The molecule has 0 spiro atoms. The van der Waals surface area contributed by atoms with Crippen LogP contribution in [-0.2, 0) is 10.0 Å². The molecule has 1 aromatic heterocycles. The molecule has 0 aliphatic carbocycles. The zero-order valence-corrected chi connectivity index (χ0v) is 22.5. The smallest absolute Gasteiger partial charge is 0.252 e. The average molecular weight is 505 g/mol. The van der Waals surface area contributed by atoms with E-state index in [9.17, 15) is 18.0 Å². The van der Waals surface area contributed by atoms with Crippen molar-refractivity contribution in [1.82, 2.24) is 19.5 Å². The summed E-state index contributed by atoms with van der Waals surface area (Å²) >= 11 is 0. The van der Waals surface area contributed by atoms with E-state index in [4.69, 9.17) is 0 Å². The van der Waals surface area contributed by atoms with Crippen LogP contribution in [0.5, 0.6) is 0 Å². The lowest BCUT2D eigenvalue weighted by atomic mass is 10.1. The van der Waals surface area contributed by atoms with E-state index in [1.54, 1.807) is 10.4 Å². The monoisotopic (exact) mass is 504 g/mol. The predicted molar refractivity (Wildman–Crippen MR) is 140 cm³/mol. The summed E-state index contributed by atoms with van der Waals surface area (Å²) in [6.45, 7) is 14.1. The highest BCUT2D eigenvalue weighted by molar-refractivity contribution is 7.89. The number of pyridine rings is 1. The Kier molecular flexibility index (Phi) is 9.12. The van der Waals surface area contributed by atoms with Crippen LogP contribution in [0.3, 0.4) is 0 Å². The van der Waals surface area contributed by atoms with E-state index in [0.29, 0.717) is 42.4 Å². The Balaban J connectivity index is 1.85. The first-order valence-electron chi connectivity index (χ1n) is 12.7. The van der Waals surface area contributed by atoms with Crippen molar-refractivity contribution in [2.45, 2.75) is 64.8 Å². The standard InChI is InChI=1S/C26H40N4O4S/c1-18(2)16-29(17-19(3)4)13-11-27-26(32)23-15-25(31)28-24-10-9-21(14-22(23)24)35(33,34)30-12-7-6-8-20(30)5/h9-10,14-15,18-20H,6-8,11-13,16-17H2,1-5H3,(H,27,32)(H,28,31)/t20-/m0/s1. The molecule has 8 nitrogen and oxygen atoms in total. The number of carbonyl (C=O) groups excluding carboxylic acids is 1. The lowest BCUT2D eigenvalue weighted by Gasteiger charge is -2.32. The first-order valence-corrected chi connectivity index (χ1v) is 14.1. The van der Waals surface area contributed by atoms with E-state index >= 15 is 0 Å². The van der Waals surface area contributed by atoms with Gasteiger partial charge in [0.05, 0.1) is 10.5 Å². The first kappa shape index (κ1) is 27.4. The minimum absolute atomic E-state index is 0.0672. The molecule has 1 aliphatic rings. The van der Waals surface area contributed by atoms with Crippen LogP contribution in [-0.4, -0.2) is 67.3 Å². The molecule has 2 heterocycles. The van der Waals surface area contributed by atoms with Gasteiger partial charge in [0.25, 0.3) is 5.91 Å². The van der Waals surface area contributed by atoms with Gasteiger partial charge >= 0.3 is 0 Å². The van der Waals surface area contributed by atoms with Gasteiger partial charge in [-0.1, -0.05) is 34.1 Å². The molecule has 1 fully saturated rings. The highest BCUT2D eigenvalue weighted by Gasteiger charge is 2.31. The van der Waals surface area contributed by atoms with Gasteiger partial charge in [-0.3, -0.25) is 9.59 Å². The normalized spacial score (nSPS) is 17.5. The molecule has 1 saturated heterocycles. The number of hydrogen-bond acceptors (Lipinski definition) is 5. The maximum absolute atomic E-state index is 13.4. The number of H-pyrrole nitrogens is 1. The molecular formula is C26H40N4O4S. The Morgan fingerprint density at radius 3 is 2.46 bits per heavy atom. The van der Waals surface area contributed by atoms with Crippen LogP contribution in [0.15, 0.2) is 34.0 Å². The van der Waals surface area contributed by atoms with Crippen LogP contribution in [0.1, 0.15) is 64.2 Å². The fourth-order valence-electron chi connectivity index (χ4n) is 4.86. The van der Waals surface area contributed by atoms with Gasteiger partial charge in [-0.15, -0.1) is 0 Å². The third-order valence-corrected chi connectivity index (χ3v) is 8.38. The molecule has 3 rings (SSSR count). The molecule has 2 aromatic rings. The molecule has 35 heavy (non-hydrogen) atoms. The molecule has 0 unspecified atom stereocenters. The zero-order valence-electron chi connectivity index (χ0n) is 21.6. The van der Waals surface area contributed by atoms with Crippen molar-refractivity contribution >= 4 is 26.8 Å². The van der Waals surface area contributed by atoms with Crippen molar-refractivity contribution in [2.75, 3.05) is 32.7 Å². The number of sulfonamides is 1. The van der Waals surface area contributed by atoms with Crippen LogP contribution in [0, 0.1) is 11.8 Å². The Labute approximate surface area is 209 Å². The quantitative estimate of drug-likeness (QED) is 0.516. The summed E-state index contributed by atoms with van der Waals surface area (Å²) in [6.07, 6.45) is 2.68. The van der Waals surface area contributed by atoms with Crippen LogP contribution in [0.2, 0.25) is 0 Å². The van der Waals surface area contributed by atoms with Crippen molar-refractivity contribution in [3.05, 3.63) is 40.2 Å². The minimum atomic E-state index is -3.70. The summed E-state index contributed by atoms with van der Waals surface area (Å²) in [4.78, 5) is 30.5. The minimum Gasteiger partial charge on any atom is -0.351 e. The summed E-state index contributed by atoms with van der Waals surface area (Å²) in [5.41, 5.74) is 0.227. The molecule has 1 amide bonds. The second-order valence-electron chi connectivity index (χ2n) is 10.5. The SMILES string of the molecule is CC(C)CN(CCNC(=O)c1cc(=O)[nH]c2ccc(S(=O)(=O)N3CCCC[C@@H]3C)cc12)CC(C)C. The number of fused-ring (bicyclic) bond motifs is 1. The molecule has 0 radical (unpaired) electrons. The molecule has 0 saturated carbocycles. The molecule has 1 aliphatic heterocycles. The fourth-order valence-corrected chi connectivity index (χ4v) is 6.58. The number of piperidine rings is 1. The third kappa shape index (κ3) is 6.92. The maximum atomic E-state index is 13.4. The molecule has 194 valence electrons. The van der Waals surface area contributed by atoms with E-state index in [0.717, 1.165) is 32.4 Å². The third-order valence-electron chi connectivity index (χ3n) is 6.37. The molecule has 2 N–H and O–H groups in total. The van der Waals surface area contributed by atoms with Gasteiger partial charge in [-0.05, 0) is 49.8 Å². The number of rotatable bonds is 10. The Bertz CT molecular complexity index is 1180. The summed E-state index contributed by atoms with van der Waals surface area (Å²) in [7, 11) is -3.70. The van der Waals surface area contributed by atoms with E-state index in [2.05, 4.69) is 42.9 Å². The van der Waals surface area contributed by atoms with Crippen molar-refractivity contribution in [2.24, 2.45) is 11.8 Å². The Morgan fingerprint density at radius 2 is 1.83 bits per heavy atom. The second-order valence-corrected chi connectivity index (χ2v) is 12.4. The topological polar surface area (TPSA) is 103 Å². The van der Waals surface area contributed by atoms with Gasteiger partial charge in [0.2, 0.25) is 15.6 Å². The largest absolute Gasteiger partial charge is 0.351 e. The highest BCUT2D eigenvalue weighted by Crippen LogP contribution is 2.27. The number of aromatic nitrogens is 1. The van der Waals surface area contributed by atoms with Crippen LogP contribution in [0.25, 0.3) is 10.9 Å². The molecule has 1 aromatic carbocycles.